The summed E-state index contributed by atoms with van der Waals surface area (Å²) in [4.78, 5) is 4.99. The zero-order chi connectivity index (χ0) is 25.9. The van der Waals surface area contributed by atoms with Crippen LogP contribution in [0.4, 0.5) is 23.2 Å². The molecule has 4 heterocycles. The normalized spacial score (nSPS) is 21.8. The molecular formula is C27H28F4N6. The van der Waals surface area contributed by atoms with Gasteiger partial charge in [-0.05, 0) is 48.1 Å². The Hall–Kier alpha value is -3.40. The highest BCUT2D eigenvalue weighted by atomic mass is 19.4. The molecule has 0 radical (unpaired) electrons. The number of nitrogens with zero attached hydrogens (tertiary/aromatic N) is 6. The van der Waals surface area contributed by atoms with Gasteiger partial charge in [-0.1, -0.05) is 25.1 Å². The number of fused-ring (bicyclic) bond motifs is 1. The van der Waals surface area contributed by atoms with Crippen LogP contribution in [0.25, 0.3) is 0 Å². The van der Waals surface area contributed by atoms with E-state index in [9.17, 15) is 17.6 Å². The van der Waals surface area contributed by atoms with E-state index in [1.165, 1.54) is 23.6 Å². The molecular weight excluding hydrogens is 484 g/mol. The summed E-state index contributed by atoms with van der Waals surface area (Å²) >= 11 is 0. The lowest BCUT2D eigenvalue weighted by atomic mass is 9.72. The molecule has 1 saturated carbocycles. The van der Waals surface area contributed by atoms with Gasteiger partial charge in [-0.15, -0.1) is 10.2 Å². The van der Waals surface area contributed by atoms with Crippen molar-refractivity contribution in [3.8, 4) is 0 Å². The molecule has 3 aliphatic heterocycles. The van der Waals surface area contributed by atoms with Crippen molar-refractivity contribution < 1.29 is 17.6 Å². The minimum Gasteiger partial charge on any atom is -0.320 e. The van der Waals surface area contributed by atoms with Gasteiger partial charge in [0, 0.05) is 50.7 Å². The third-order valence-corrected chi connectivity index (χ3v) is 7.75. The van der Waals surface area contributed by atoms with E-state index in [1.54, 1.807) is 22.3 Å². The summed E-state index contributed by atoms with van der Waals surface area (Å²) in [7, 11) is 1.93. The molecule has 2 fully saturated rings. The lowest BCUT2D eigenvalue weighted by Crippen LogP contribution is -2.49. The van der Waals surface area contributed by atoms with Gasteiger partial charge in [0.15, 0.2) is 0 Å². The predicted molar refractivity (Wildman–Crippen MR) is 132 cm³/mol. The molecule has 6 nitrogen and oxygen atoms in total. The van der Waals surface area contributed by atoms with E-state index in [0.717, 1.165) is 29.9 Å². The van der Waals surface area contributed by atoms with Gasteiger partial charge in [0.2, 0.25) is 0 Å². The van der Waals surface area contributed by atoms with Gasteiger partial charge in [-0.25, -0.2) is 4.39 Å². The first-order chi connectivity index (χ1) is 17.7. The molecule has 1 atom stereocenters. The van der Waals surface area contributed by atoms with Crippen molar-refractivity contribution in [1.29, 1.82) is 0 Å². The Bertz CT molecular complexity index is 1310. The van der Waals surface area contributed by atoms with E-state index in [-0.39, 0.29) is 31.2 Å². The van der Waals surface area contributed by atoms with Gasteiger partial charge in [0.25, 0.3) is 0 Å². The second kappa shape index (κ2) is 8.86. The Morgan fingerprint density at radius 3 is 2.54 bits per heavy atom. The van der Waals surface area contributed by atoms with Gasteiger partial charge < -0.3 is 14.4 Å². The SMILES string of the molecule is C=C1N2C=C(CN3CC(F)C3)C=C(C(F)(F)F)C2=CN1c1cccc(C(c2nncn2C)C2CCC2)c1. The van der Waals surface area contributed by atoms with Gasteiger partial charge in [0.1, 0.15) is 24.1 Å². The molecule has 0 N–H and O–H groups in total. The highest BCUT2D eigenvalue weighted by Crippen LogP contribution is 2.46. The fraction of sp³-hybridized carbons (Fsp3) is 0.407. The van der Waals surface area contributed by atoms with Crippen LogP contribution in [0.3, 0.4) is 0 Å². The van der Waals surface area contributed by atoms with Crippen LogP contribution in [0.15, 0.2) is 78.3 Å². The number of aromatic nitrogens is 3. The van der Waals surface area contributed by atoms with Crippen LogP contribution in [0.5, 0.6) is 0 Å². The van der Waals surface area contributed by atoms with Crippen LogP contribution in [-0.2, 0) is 7.05 Å². The maximum atomic E-state index is 14.1. The average molecular weight is 513 g/mol. The lowest BCUT2D eigenvalue weighted by Gasteiger charge is -2.36. The van der Waals surface area contributed by atoms with Crippen molar-refractivity contribution in [2.24, 2.45) is 13.0 Å². The summed E-state index contributed by atoms with van der Waals surface area (Å²) in [6, 6.07) is 7.86. The maximum absolute atomic E-state index is 14.1. The first-order valence-electron chi connectivity index (χ1n) is 12.5. The zero-order valence-corrected chi connectivity index (χ0v) is 20.5. The van der Waals surface area contributed by atoms with Crippen molar-refractivity contribution in [3.05, 3.63) is 89.7 Å². The molecule has 6 rings (SSSR count). The summed E-state index contributed by atoms with van der Waals surface area (Å²) in [5.74, 6) is 1.79. The molecule has 1 aromatic carbocycles. The Balaban J connectivity index is 1.33. The second-order valence-electron chi connectivity index (χ2n) is 10.3. The molecule has 1 saturated heterocycles. The number of alkyl halides is 4. The van der Waals surface area contributed by atoms with Crippen molar-refractivity contribution >= 4 is 5.69 Å². The fourth-order valence-electron chi connectivity index (χ4n) is 5.60. The van der Waals surface area contributed by atoms with E-state index in [4.69, 9.17) is 0 Å². The maximum Gasteiger partial charge on any atom is 0.418 e. The number of benzene rings is 1. The van der Waals surface area contributed by atoms with Crippen LogP contribution >= 0.6 is 0 Å². The first-order valence-corrected chi connectivity index (χ1v) is 12.5. The molecule has 1 aliphatic carbocycles. The van der Waals surface area contributed by atoms with Crippen molar-refractivity contribution in [2.75, 3.05) is 24.5 Å². The molecule has 194 valence electrons. The van der Waals surface area contributed by atoms with Gasteiger partial charge >= 0.3 is 6.18 Å². The number of rotatable bonds is 6. The summed E-state index contributed by atoms with van der Waals surface area (Å²) in [6.45, 7) is 4.87. The minimum atomic E-state index is -4.54. The molecule has 4 aliphatic rings. The van der Waals surface area contributed by atoms with Crippen LogP contribution in [0.1, 0.15) is 36.6 Å². The van der Waals surface area contributed by atoms with E-state index in [1.807, 2.05) is 35.9 Å². The number of allylic oxidation sites excluding steroid dienone is 1. The molecule has 0 spiro atoms. The van der Waals surface area contributed by atoms with Crippen molar-refractivity contribution in [3.63, 3.8) is 0 Å². The smallest absolute Gasteiger partial charge is 0.320 e. The van der Waals surface area contributed by atoms with E-state index >= 15 is 0 Å². The Kier molecular flexibility index (Phi) is 5.74. The Morgan fingerprint density at radius 2 is 1.92 bits per heavy atom. The Morgan fingerprint density at radius 1 is 1.14 bits per heavy atom. The fourth-order valence-corrected chi connectivity index (χ4v) is 5.60. The molecule has 0 amide bonds. The molecule has 2 aromatic rings. The highest BCUT2D eigenvalue weighted by Gasteiger charge is 2.43. The number of aryl methyl sites for hydroxylation is 1. The topological polar surface area (TPSA) is 40.4 Å². The predicted octanol–water partition coefficient (Wildman–Crippen LogP) is 5.22. The van der Waals surface area contributed by atoms with Crippen LogP contribution in [-0.4, -0.2) is 56.5 Å². The molecule has 37 heavy (non-hydrogen) atoms. The molecule has 1 aromatic heterocycles. The van der Waals surface area contributed by atoms with Crippen LogP contribution < -0.4 is 4.90 Å². The second-order valence-corrected chi connectivity index (χ2v) is 10.3. The third-order valence-electron chi connectivity index (χ3n) is 7.75. The summed E-state index contributed by atoms with van der Waals surface area (Å²) in [5.41, 5.74) is 1.56. The van der Waals surface area contributed by atoms with Crippen molar-refractivity contribution in [1.82, 2.24) is 24.6 Å². The number of likely N-dealkylation sites (tertiary alicyclic amines) is 1. The summed E-state index contributed by atoms with van der Waals surface area (Å²) < 4.78 is 57.5. The van der Waals surface area contributed by atoms with Gasteiger partial charge in [-0.2, -0.15) is 13.2 Å². The Labute approximate surface area is 212 Å². The quantitative estimate of drug-likeness (QED) is 0.497. The minimum absolute atomic E-state index is 0.0301. The van der Waals surface area contributed by atoms with Gasteiger partial charge in [-0.3, -0.25) is 4.90 Å². The van der Waals surface area contributed by atoms with E-state index in [0.29, 0.717) is 17.3 Å². The largest absolute Gasteiger partial charge is 0.418 e. The van der Waals surface area contributed by atoms with Crippen LogP contribution in [0, 0.1) is 5.92 Å². The van der Waals surface area contributed by atoms with Gasteiger partial charge in [0.05, 0.1) is 11.3 Å². The van der Waals surface area contributed by atoms with E-state index in [2.05, 4.69) is 16.8 Å². The van der Waals surface area contributed by atoms with Crippen LogP contribution in [0.2, 0.25) is 0 Å². The third kappa shape index (κ3) is 4.27. The molecule has 10 heteroatoms. The standard InChI is InChI=1S/C27H28F4N6/c1-17-36(15-24-23(27(29,30)31)9-18(12-37(17)24)11-35-13-21(28)14-35)22-8-4-7-20(10-22)25(19-5-3-6-19)26-33-32-16-34(26)2/h4,7-10,12,15-16,19,21,25H,1,3,5-6,11,13-14H2,2H3. The monoisotopic (exact) mass is 512 g/mol. The number of anilines is 1. The van der Waals surface area contributed by atoms with E-state index < -0.39 is 17.9 Å². The molecule has 0 bridgehead atoms. The summed E-state index contributed by atoms with van der Waals surface area (Å²) in [5, 5.41) is 8.45. The first kappa shape index (κ1) is 24.0. The summed E-state index contributed by atoms with van der Waals surface area (Å²) in [6.07, 6.45) is 3.95. The average Bonchev–Trinajstić information content (AvgIpc) is 3.37. The number of hydrogen-bond acceptors (Lipinski definition) is 5. The lowest BCUT2D eigenvalue weighted by molar-refractivity contribution is -0.0909. The highest BCUT2D eigenvalue weighted by molar-refractivity contribution is 5.64. The number of hydrogen-bond donors (Lipinski definition) is 0. The molecule has 1 unspecified atom stereocenters. The number of halogens is 4. The van der Waals surface area contributed by atoms with Crippen molar-refractivity contribution in [2.45, 2.75) is 37.5 Å². The zero-order valence-electron chi connectivity index (χ0n) is 20.5.